The predicted molar refractivity (Wildman–Crippen MR) is 118 cm³/mol. The van der Waals surface area contributed by atoms with Gasteiger partial charge in [-0.1, -0.05) is 71.8 Å². The van der Waals surface area contributed by atoms with Crippen molar-refractivity contribution >= 4 is 17.4 Å². The first kappa shape index (κ1) is 20.0. The van der Waals surface area contributed by atoms with Crippen molar-refractivity contribution in [2.75, 3.05) is 4.90 Å². The number of carbonyl (C=O) groups is 2. The normalized spacial score (nSPS) is 17.9. The first-order valence-electron chi connectivity index (χ1n) is 10.1. The van der Waals surface area contributed by atoms with Crippen molar-refractivity contribution in [3.05, 3.63) is 100 Å². The molecule has 30 heavy (non-hydrogen) atoms. The molecule has 0 radical (unpaired) electrons. The zero-order valence-electron chi connectivity index (χ0n) is 17.5. The monoisotopic (exact) mass is 399 g/mol. The molecule has 0 saturated heterocycles. The van der Waals surface area contributed by atoms with Gasteiger partial charge in [0.1, 0.15) is 0 Å². The van der Waals surface area contributed by atoms with Gasteiger partial charge in [0.15, 0.2) is 11.4 Å². The number of Topliss-reactive ketones (excluding diaryl/α,β-unsaturated/α-hetero) is 1. The van der Waals surface area contributed by atoms with Crippen LogP contribution in [0.1, 0.15) is 44.6 Å². The molecule has 1 aliphatic heterocycles. The third-order valence-corrected chi connectivity index (χ3v) is 5.86. The molecule has 0 spiro atoms. The lowest BCUT2D eigenvalue weighted by molar-refractivity contribution is -0.136. The number of amides is 1. The molecule has 4 nitrogen and oxygen atoms in total. The molecule has 3 aromatic carbocycles. The van der Waals surface area contributed by atoms with E-state index in [0.29, 0.717) is 23.4 Å². The van der Waals surface area contributed by atoms with Crippen LogP contribution in [0.25, 0.3) is 0 Å². The van der Waals surface area contributed by atoms with Crippen LogP contribution in [0.15, 0.2) is 66.7 Å². The van der Waals surface area contributed by atoms with Crippen molar-refractivity contribution in [1.29, 1.82) is 0 Å². The number of fused-ring (bicyclic) bond motifs is 1. The number of aliphatic hydroxyl groups is 1. The van der Waals surface area contributed by atoms with Crippen LogP contribution in [-0.2, 0) is 16.9 Å². The summed E-state index contributed by atoms with van der Waals surface area (Å²) >= 11 is 0. The van der Waals surface area contributed by atoms with Gasteiger partial charge in [-0.2, -0.15) is 0 Å². The maximum Gasteiger partial charge on any atom is 0.264 e. The molecule has 0 saturated carbocycles. The number of benzene rings is 3. The first-order valence-corrected chi connectivity index (χ1v) is 10.1. The van der Waals surface area contributed by atoms with E-state index in [-0.39, 0.29) is 12.2 Å². The van der Waals surface area contributed by atoms with Crippen LogP contribution in [0.2, 0.25) is 0 Å². The fourth-order valence-electron chi connectivity index (χ4n) is 4.05. The third-order valence-electron chi connectivity index (χ3n) is 5.86. The standard InChI is InChI=1S/C26H25NO3/c1-17-9-12-20(13-10-17)24(28)15-26(30)22-6-4-5-7-23(22)27(25(26)29)16-21-14-18(2)8-11-19(21)3/h4-14,30H,15-16H2,1-3H3/t26-/m0/s1. The van der Waals surface area contributed by atoms with Gasteiger partial charge in [-0.25, -0.2) is 0 Å². The average Bonchev–Trinajstić information content (AvgIpc) is 2.93. The molecule has 1 atom stereocenters. The quantitative estimate of drug-likeness (QED) is 0.637. The summed E-state index contributed by atoms with van der Waals surface area (Å²) in [6.45, 7) is 6.32. The number of rotatable bonds is 5. The Morgan fingerprint density at radius 2 is 1.60 bits per heavy atom. The number of hydrogen-bond donors (Lipinski definition) is 1. The van der Waals surface area contributed by atoms with E-state index in [1.54, 1.807) is 29.2 Å². The number of ketones is 1. The molecule has 0 unspecified atom stereocenters. The summed E-state index contributed by atoms with van der Waals surface area (Å²) in [4.78, 5) is 27.9. The highest BCUT2D eigenvalue weighted by Crippen LogP contribution is 2.43. The van der Waals surface area contributed by atoms with Gasteiger partial charge in [0.25, 0.3) is 5.91 Å². The topological polar surface area (TPSA) is 57.6 Å². The molecule has 0 bridgehead atoms. The van der Waals surface area contributed by atoms with Gasteiger partial charge in [-0.05, 0) is 38.0 Å². The summed E-state index contributed by atoms with van der Waals surface area (Å²) in [7, 11) is 0. The Bertz CT molecular complexity index is 1130. The van der Waals surface area contributed by atoms with E-state index in [0.717, 1.165) is 22.3 Å². The van der Waals surface area contributed by atoms with Gasteiger partial charge in [-0.3, -0.25) is 9.59 Å². The fraction of sp³-hybridized carbons (Fsp3) is 0.231. The van der Waals surface area contributed by atoms with Crippen LogP contribution in [0, 0.1) is 20.8 Å². The summed E-state index contributed by atoms with van der Waals surface area (Å²) in [6, 6.07) is 20.5. The molecular formula is C26H25NO3. The minimum Gasteiger partial charge on any atom is -0.375 e. The van der Waals surface area contributed by atoms with Gasteiger partial charge >= 0.3 is 0 Å². The lowest BCUT2D eigenvalue weighted by Gasteiger charge is -2.23. The summed E-state index contributed by atoms with van der Waals surface area (Å²) in [5.41, 5.74) is 4.03. The Morgan fingerprint density at radius 3 is 2.33 bits per heavy atom. The second-order valence-electron chi connectivity index (χ2n) is 8.16. The molecule has 0 fully saturated rings. The van der Waals surface area contributed by atoms with Crippen molar-refractivity contribution in [1.82, 2.24) is 0 Å². The molecule has 0 aromatic heterocycles. The highest BCUT2D eigenvalue weighted by molar-refractivity contribution is 6.10. The molecule has 0 aliphatic carbocycles. The van der Waals surface area contributed by atoms with Crippen molar-refractivity contribution in [3.8, 4) is 0 Å². The van der Waals surface area contributed by atoms with Crippen LogP contribution in [0.3, 0.4) is 0 Å². The smallest absolute Gasteiger partial charge is 0.264 e. The minimum absolute atomic E-state index is 0.255. The molecule has 4 heteroatoms. The molecule has 4 rings (SSSR count). The lowest BCUT2D eigenvalue weighted by atomic mass is 9.88. The lowest BCUT2D eigenvalue weighted by Crippen LogP contribution is -2.41. The SMILES string of the molecule is Cc1ccc(C(=O)C[C@@]2(O)C(=O)N(Cc3cc(C)ccc3C)c3ccccc32)cc1. The van der Waals surface area contributed by atoms with E-state index in [1.807, 2.05) is 57.2 Å². The maximum atomic E-state index is 13.4. The van der Waals surface area contributed by atoms with E-state index in [2.05, 4.69) is 6.07 Å². The number of nitrogens with zero attached hydrogens (tertiary/aromatic N) is 1. The highest BCUT2D eigenvalue weighted by atomic mass is 16.3. The van der Waals surface area contributed by atoms with E-state index in [4.69, 9.17) is 0 Å². The Morgan fingerprint density at radius 1 is 0.933 bits per heavy atom. The van der Waals surface area contributed by atoms with Gasteiger partial charge in [0.2, 0.25) is 0 Å². The fourth-order valence-corrected chi connectivity index (χ4v) is 4.05. The molecule has 1 aliphatic rings. The van der Waals surface area contributed by atoms with Gasteiger partial charge < -0.3 is 10.0 Å². The average molecular weight is 399 g/mol. The van der Waals surface area contributed by atoms with Gasteiger partial charge in [0, 0.05) is 11.1 Å². The van der Waals surface area contributed by atoms with Crippen LogP contribution in [-0.4, -0.2) is 16.8 Å². The number of carbonyl (C=O) groups excluding carboxylic acids is 2. The third kappa shape index (κ3) is 3.44. The number of aryl methyl sites for hydroxylation is 3. The Labute approximate surface area is 176 Å². The largest absolute Gasteiger partial charge is 0.375 e. The summed E-state index contributed by atoms with van der Waals surface area (Å²) in [5.74, 6) is -0.709. The van der Waals surface area contributed by atoms with E-state index in [9.17, 15) is 14.7 Å². The van der Waals surface area contributed by atoms with Crippen molar-refractivity contribution in [2.45, 2.75) is 39.3 Å². The zero-order chi connectivity index (χ0) is 21.5. The Kier molecular flexibility index (Phi) is 5.04. The van der Waals surface area contributed by atoms with Crippen molar-refractivity contribution in [3.63, 3.8) is 0 Å². The summed E-state index contributed by atoms with van der Waals surface area (Å²) in [5, 5.41) is 11.5. The number of para-hydroxylation sites is 1. The minimum atomic E-state index is -1.86. The Balaban J connectivity index is 1.69. The molecular weight excluding hydrogens is 374 g/mol. The first-order chi connectivity index (χ1) is 14.3. The van der Waals surface area contributed by atoms with Gasteiger partial charge in [0.05, 0.1) is 18.7 Å². The highest BCUT2D eigenvalue weighted by Gasteiger charge is 2.50. The molecule has 1 N–H and O–H groups in total. The van der Waals surface area contributed by atoms with Crippen molar-refractivity contribution < 1.29 is 14.7 Å². The van der Waals surface area contributed by atoms with E-state index in [1.165, 1.54) is 0 Å². The molecule has 3 aromatic rings. The van der Waals surface area contributed by atoms with Crippen LogP contribution in [0.4, 0.5) is 5.69 Å². The number of hydrogen-bond acceptors (Lipinski definition) is 3. The summed E-state index contributed by atoms with van der Waals surface area (Å²) in [6.07, 6.45) is -0.283. The van der Waals surface area contributed by atoms with Gasteiger partial charge in [-0.15, -0.1) is 0 Å². The second-order valence-corrected chi connectivity index (χ2v) is 8.16. The van der Waals surface area contributed by atoms with Crippen molar-refractivity contribution in [2.24, 2.45) is 0 Å². The zero-order valence-corrected chi connectivity index (χ0v) is 17.5. The molecule has 152 valence electrons. The summed E-state index contributed by atoms with van der Waals surface area (Å²) < 4.78 is 0. The molecule has 1 heterocycles. The van der Waals surface area contributed by atoms with Crippen LogP contribution < -0.4 is 4.90 Å². The van der Waals surface area contributed by atoms with Crippen LogP contribution >= 0.6 is 0 Å². The predicted octanol–water partition coefficient (Wildman–Crippen LogP) is 4.62. The Hall–Kier alpha value is -3.24. The van der Waals surface area contributed by atoms with E-state index >= 15 is 0 Å². The second kappa shape index (κ2) is 7.54. The van der Waals surface area contributed by atoms with E-state index < -0.39 is 11.5 Å². The maximum absolute atomic E-state index is 13.4. The molecule has 1 amide bonds. The number of anilines is 1. The van der Waals surface area contributed by atoms with Crippen LogP contribution in [0.5, 0.6) is 0 Å².